The van der Waals surface area contributed by atoms with E-state index in [1.807, 2.05) is 20.8 Å². The first-order valence-electron chi connectivity index (χ1n) is 6.15. The molecule has 1 aliphatic carbocycles. The highest BCUT2D eigenvalue weighted by molar-refractivity contribution is 5.76. The molecule has 92 valence electrons. The van der Waals surface area contributed by atoms with Gasteiger partial charge >= 0.3 is 5.97 Å². The van der Waals surface area contributed by atoms with E-state index in [0.717, 1.165) is 25.7 Å². The lowest BCUT2D eigenvalue weighted by molar-refractivity contribution is -0.164. The summed E-state index contributed by atoms with van der Waals surface area (Å²) in [7, 11) is 0. The molecular formula is C14H24O2. The van der Waals surface area contributed by atoms with Crippen molar-refractivity contribution in [3.05, 3.63) is 11.6 Å². The van der Waals surface area contributed by atoms with Crippen molar-refractivity contribution in [1.29, 1.82) is 0 Å². The molecule has 16 heavy (non-hydrogen) atoms. The van der Waals surface area contributed by atoms with Crippen LogP contribution in [0.4, 0.5) is 0 Å². The van der Waals surface area contributed by atoms with Crippen LogP contribution in [0, 0.1) is 5.41 Å². The molecular weight excluding hydrogens is 200 g/mol. The molecule has 2 heteroatoms. The summed E-state index contributed by atoms with van der Waals surface area (Å²) in [5.41, 5.74) is 0.498. The summed E-state index contributed by atoms with van der Waals surface area (Å²) in [6.07, 6.45) is 6.38. The molecule has 0 unspecified atom stereocenters. The van der Waals surface area contributed by atoms with Crippen LogP contribution in [0.25, 0.3) is 0 Å². The van der Waals surface area contributed by atoms with Gasteiger partial charge < -0.3 is 4.74 Å². The summed E-state index contributed by atoms with van der Waals surface area (Å²) in [5.74, 6) is -0.0908. The Hall–Kier alpha value is -0.790. The van der Waals surface area contributed by atoms with Gasteiger partial charge in [0.05, 0.1) is 5.41 Å². The Morgan fingerprint density at radius 1 is 1.19 bits per heavy atom. The maximum atomic E-state index is 12.0. The third-order valence-corrected chi connectivity index (χ3v) is 2.91. The van der Waals surface area contributed by atoms with E-state index in [-0.39, 0.29) is 11.6 Å². The summed E-state index contributed by atoms with van der Waals surface area (Å²) in [6, 6.07) is 0. The number of carbonyl (C=O) groups is 1. The second-order valence-corrected chi connectivity index (χ2v) is 6.13. The van der Waals surface area contributed by atoms with Gasteiger partial charge in [0.15, 0.2) is 0 Å². The normalized spacial score (nSPS) is 19.3. The lowest BCUT2D eigenvalue weighted by Gasteiger charge is -2.30. The minimum absolute atomic E-state index is 0.0908. The summed E-state index contributed by atoms with van der Waals surface area (Å²) in [6.45, 7) is 9.83. The molecule has 0 heterocycles. The van der Waals surface area contributed by atoms with Crippen LogP contribution in [0.15, 0.2) is 11.6 Å². The Morgan fingerprint density at radius 2 is 1.69 bits per heavy atom. The van der Waals surface area contributed by atoms with E-state index in [9.17, 15) is 4.79 Å². The summed E-state index contributed by atoms with van der Waals surface area (Å²) < 4.78 is 5.76. The number of hydrogen-bond donors (Lipinski definition) is 0. The number of ether oxygens (including phenoxy) is 1. The maximum absolute atomic E-state index is 12.0. The molecule has 2 nitrogen and oxygen atoms in total. The minimum atomic E-state index is -0.412. The number of carbonyl (C=O) groups excluding carboxylic acids is 1. The highest BCUT2D eigenvalue weighted by Crippen LogP contribution is 2.37. The van der Waals surface area contributed by atoms with Gasteiger partial charge in [-0.1, -0.05) is 5.57 Å². The largest absolute Gasteiger partial charge is 0.454 e. The molecule has 0 N–H and O–H groups in total. The van der Waals surface area contributed by atoms with Gasteiger partial charge in [0, 0.05) is 0 Å². The molecule has 1 rings (SSSR count). The lowest BCUT2D eigenvalue weighted by Crippen LogP contribution is -2.35. The van der Waals surface area contributed by atoms with Gasteiger partial charge in [-0.2, -0.15) is 0 Å². The van der Waals surface area contributed by atoms with Crippen molar-refractivity contribution in [2.45, 2.75) is 65.9 Å². The fraction of sp³-hybridized carbons (Fsp3) is 0.786. The number of esters is 1. The lowest BCUT2D eigenvalue weighted by atomic mass is 9.94. The van der Waals surface area contributed by atoms with Gasteiger partial charge in [-0.3, -0.25) is 4.79 Å². The first-order chi connectivity index (χ1) is 7.25. The minimum Gasteiger partial charge on any atom is -0.454 e. The fourth-order valence-corrected chi connectivity index (χ4v) is 2.11. The highest BCUT2D eigenvalue weighted by Gasteiger charge is 2.38. The van der Waals surface area contributed by atoms with Gasteiger partial charge in [-0.25, -0.2) is 0 Å². The van der Waals surface area contributed by atoms with E-state index in [1.165, 1.54) is 5.57 Å². The third-order valence-electron chi connectivity index (χ3n) is 2.91. The van der Waals surface area contributed by atoms with Crippen LogP contribution >= 0.6 is 0 Å². The first kappa shape index (κ1) is 13.3. The SMILES string of the molecule is CC(C)=CC1(OC(=O)C(C)(C)C)CCCC1. The van der Waals surface area contributed by atoms with E-state index in [1.54, 1.807) is 0 Å². The molecule has 0 bridgehead atoms. The Balaban J connectivity index is 2.81. The van der Waals surface area contributed by atoms with Crippen molar-refractivity contribution < 1.29 is 9.53 Å². The molecule has 0 spiro atoms. The molecule has 0 aromatic rings. The zero-order valence-electron chi connectivity index (χ0n) is 11.2. The van der Waals surface area contributed by atoms with E-state index >= 15 is 0 Å². The van der Waals surface area contributed by atoms with Gasteiger partial charge in [0.25, 0.3) is 0 Å². The molecule has 0 saturated heterocycles. The molecule has 1 fully saturated rings. The topological polar surface area (TPSA) is 26.3 Å². The van der Waals surface area contributed by atoms with Crippen molar-refractivity contribution in [3.8, 4) is 0 Å². The molecule has 0 aromatic carbocycles. The molecule has 1 aliphatic rings. The molecule has 0 radical (unpaired) electrons. The van der Waals surface area contributed by atoms with E-state index in [4.69, 9.17) is 4.74 Å². The summed E-state index contributed by atoms with van der Waals surface area (Å²) in [4.78, 5) is 12.0. The van der Waals surface area contributed by atoms with E-state index in [2.05, 4.69) is 19.9 Å². The van der Waals surface area contributed by atoms with Crippen molar-refractivity contribution in [1.82, 2.24) is 0 Å². The third kappa shape index (κ3) is 3.36. The van der Waals surface area contributed by atoms with Gasteiger partial charge in [-0.05, 0) is 66.4 Å². The summed E-state index contributed by atoms with van der Waals surface area (Å²) >= 11 is 0. The zero-order chi connectivity index (χ0) is 12.4. The number of rotatable bonds is 2. The Bertz CT molecular complexity index is 284. The second kappa shape index (κ2) is 4.60. The first-order valence-corrected chi connectivity index (χ1v) is 6.15. The molecule has 0 aliphatic heterocycles. The highest BCUT2D eigenvalue weighted by atomic mass is 16.6. The van der Waals surface area contributed by atoms with Crippen LogP contribution in [-0.2, 0) is 9.53 Å². The maximum Gasteiger partial charge on any atom is 0.312 e. The van der Waals surface area contributed by atoms with Crippen LogP contribution in [-0.4, -0.2) is 11.6 Å². The predicted molar refractivity (Wildman–Crippen MR) is 66.2 cm³/mol. The smallest absolute Gasteiger partial charge is 0.312 e. The predicted octanol–water partition coefficient (Wildman–Crippen LogP) is 3.85. The van der Waals surface area contributed by atoms with Crippen molar-refractivity contribution >= 4 is 5.97 Å². The Morgan fingerprint density at radius 3 is 2.06 bits per heavy atom. The standard InChI is InChI=1S/C14H24O2/c1-11(2)10-14(8-6-7-9-14)16-12(15)13(3,4)5/h10H,6-9H2,1-5H3. The van der Waals surface area contributed by atoms with E-state index in [0.29, 0.717) is 0 Å². The molecule has 0 aromatic heterocycles. The van der Waals surface area contributed by atoms with Crippen LogP contribution in [0.5, 0.6) is 0 Å². The second-order valence-electron chi connectivity index (χ2n) is 6.13. The van der Waals surface area contributed by atoms with Gasteiger partial charge in [0.1, 0.15) is 5.60 Å². The average Bonchev–Trinajstić information content (AvgIpc) is 2.49. The van der Waals surface area contributed by atoms with Gasteiger partial charge in [-0.15, -0.1) is 0 Å². The fourth-order valence-electron chi connectivity index (χ4n) is 2.11. The van der Waals surface area contributed by atoms with E-state index < -0.39 is 5.41 Å². The molecule has 1 saturated carbocycles. The Labute approximate surface area is 99.1 Å². The quantitative estimate of drug-likeness (QED) is 0.526. The van der Waals surface area contributed by atoms with Crippen LogP contribution in [0.3, 0.4) is 0 Å². The molecule has 0 atom stereocenters. The van der Waals surface area contributed by atoms with Gasteiger partial charge in [0.2, 0.25) is 0 Å². The van der Waals surface area contributed by atoms with Crippen molar-refractivity contribution in [2.24, 2.45) is 5.41 Å². The molecule has 0 amide bonds. The van der Waals surface area contributed by atoms with Crippen LogP contribution < -0.4 is 0 Å². The number of allylic oxidation sites excluding steroid dienone is 1. The zero-order valence-corrected chi connectivity index (χ0v) is 11.2. The van der Waals surface area contributed by atoms with Crippen LogP contribution in [0.2, 0.25) is 0 Å². The van der Waals surface area contributed by atoms with Crippen LogP contribution in [0.1, 0.15) is 60.3 Å². The average molecular weight is 224 g/mol. The monoisotopic (exact) mass is 224 g/mol. The number of hydrogen-bond acceptors (Lipinski definition) is 2. The summed E-state index contributed by atoms with van der Waals surface area (Å²) in [5, 5.41) is 0. The Kier molecular flexibility index (Phi) is 3.82. The van der Waals surface area contributed by atoms with Crippen molar-refractivity contribution in [3.63, 3.8) is 0 Å². The van der Waals surface area contributed by atoms with Crippen molar-refractivity contribution in [2.75, 3.05) is 0 Å².